The molecular weight excluding hydrogens is 423 g/mol. The fourth-order valence-corrected chi connectivity index (χ4v) is 2.27. The number of rotatable bonds is 9. The zero-order chi connectivity index (χ0) is 18.8. The van der Waals surface area contributed by atoms with Crippen LogP contribution in [0.2, 0.25) is 0 Å². The summed E-state index contributed by atoms with van der Waals surface area (Å²) >= 11 is 0. The molecule has 0 amide bonds. The number of halogens is 1. The standard InChI is InChI=1S/C20H24N2O4.ClH.Mn/c1-3-25-17-9-5-7-15(19(17)23)13-21-11-12-22-14-16-8-6-10-18(20(16)24)26-4-2;;/h5-10,13-14,23-24H,3-4,11-12H2,1-2H3;1H;. The summed E-state index contributed by atoms with van der Waals surface area (Å²) in [5.41, 5.74) is 1.20. The number of aromatic hydroxyl groups is 2. The zero-order valence-electron chi connectivity index (χ0n) is 15.8. The minimum atomic E-state index is 0. The Morgan fingerprint density at radius 3 is 1.54 bits per heavy atom. The number of phenols is 2. The Bertz CT molecular complexity index is 719. The quantitative estimate of drug-likeness (QED) is 0.347. The van der Waals surface area contributed by atoms with Crippen molar-refractivity contribution in [2.24, 2.45) is 9.98 Å². The number of aliphatic imine (C=N–C) groups is 2. The van der Waals surface area contributed by atoms with E-state index in [1.807, 2.05) is 13.8 Å². The minimum absolute atomic E-state index is 0. The van der Waals surface area contributed by atoms with Crippen LogP contribution >= 0.6 is 12.4 Å². The maximum absolute atomic E-state index is 10.1. The first-order chi connectivity index (χ1) is 12.7. The van der Waals surface area contributed by atoms with Gasteiger partial charge in [0.15, 0.2) is 23.0 Å². The third-order valence-electron chi connectivity index (χ3n) is 3.48. The molecule has 0 aromatic heterocycles. The summed E-state index contributed by atoms with van der Waals surface area (Å²) in [6, 6.07) is 10.6. The predicted molar refractivity (Wildman–Crippen MR) is 111 cm³/mol. The molecule has 0 saturated carbocycles. The van der Waals surface area contributed by atoms with Crippen LogP contribution in [0.15, 0.2) is 46.4 Å². The van der Waals surface area contributed by atoms with Crippen molar-refractivity contribution in [2.45, 2.75) is 13.8 Å². The number of hydrogen-bond donors (Lipinski definition) is 2. The molecular formula is C20H25ClMnN2O4. The molecule has 0 spiro atoms. The van der Waals surface area contributed by atoms with E-state index in [-0.39, 0.29) is 41.0 Å². The minimum Gasteiger partial charge on any atom is -0.504 e. The van der Waals surface area contributed by atoms with Crippen molar-refractivity contribution in [1.29, 1.82) is 0 Å². The van der Waals surface area contributed by atoms with Crippen LogP contribution in [0, 0.1) is 0 Å². The third-order valence-corrected chi connectivity index (χ3v) is 3.48. The normalized spacial score (nSPS) is 10.5. The molecule has 28 heavy (non-hydrogen) atoms. The van der Waals surface area contributed by atoms with Crippen molar-refractivity contribution in [1.82, 2.24) is 0 Å². The molecule has 0 fully saturated rings. The van der Waals surface area contributed by atoms with Gasteiger partial charge in [-0.3, -0.25) is 9.98 Å². The first-order valence-corrected chi connectivity index (χ1v) is 8.56. The van der Waals surface area contributed by atoms with Crippen molar-refractivity contribution in [3.8, 4) is 23.0 Å². The smallest absolute Gasteiger partial charge is 0.166 e. The molecule has 0 aliphatic carbocycles. The number of benzene rings is 2. The van der Waals surface area contributed by atoms with E-state index in [1.165, 1.54) is 0 Å². The van der Waals surface area contributed by atoms with Gasteiger partial charge >= 0.3 is 0 Å². The maximum atomic E-state index is 10.1. The molecule has 6 nitrogen and oxygen atoms in total. The van der Waals surface area contributed by atoms with E-state index in [0.29, 0.717) is 48.9 Å². The molecule has 153 valence electrons. The number of hydrogen-bond acceptors (Lipinski definition) is 6. The third kappa shape index (κ3) is 7.43. The van der Waals surface area contributed by atoms with Crippen LogP contribution < -0.4 is 9.47 Å². The Labute approximate surface area is 182 Å². The van der Waals surface area contributed by atoms with Gasteiger partial charge < -0.3 is 19.7 Å². The molecule has 0 atom stereocenters. The summed E-state index contributed by atoms with van der Waals surface area (Å²) in [4.78, 5) is 8.53. The fraction of sp³-hybridized carbons (Fsp3) is 0.300. The maximum Gasteiger partial charge on any atom is 0.166 e. The fourth-order valence-electron chi connectivity index (χ4n) is 2.27. The Morgan fingerprint density at radius 1 is 0.786 bits per heavy atom. The topological polar surface area (TPSA) is 83.6 Å². The van der Waals surface area contributed by atoms with E-state index < -0.39 is 0 Å². The molecule has 0 heterocycles. The summed E-state index contributed by atoms with van der Waals surface area (Å²) in [6.07, 6.45) is 3.20. The Balaban J connectivity index is 0.00000364. The van der Waals surface area contributed by atoms with Crippen LogP contribution in [0.25, 0.3) is 0 Å². The van der Waals surface area contributed by atoms with Crippen molar-refractivity contribution in [3.63, 3.8) is 0 Å². The molecule has 0 aliphatic heterocycles. The predicted octanol–water partition coefficient (Wildman–Crippen LogP) is 3.85. The second-order valence-electron chi connectivity index (χ2n) is 5.32. The van der Waals surface area contributed by atoms with Crippen molar-refractivity contribution in [2.75, 3.05) is 26.3 Å². The molecule has 0 aliphatic rings. The van der Waals surface area contributed by atoms with Gasteiger partial charge in [-0.25, -0.2) is 0 Å². The second kappa shape index (κ2) is 13.9. The van der Waals surface area contributed by atoms with E-state index in [4.69, 9.17) is 9.47 Å². The van der Waals surface area contributed by atoms with E-state index >= 15 is 0 Å². The zero-order valence-corrected chi connectivity index (χ0v) is 17.8. The van der Waals surface area contributed by atoms with Gasteiger partial charge in [-0.05, 0) is 38.1 Å². The molecule has 2 rings (SSSR count). The van der Waals surface area contributed by atoms with E-state index in [0.717, 1.165) is 0 Å². The summed E-state index contributed by atoms with van der Waals surface area (Å²) in [7, 11) is 0. The molecule has 0 unspecified atom stereocenters. The SMILES string of the molecule is CCOc1cccc(C=NCCN=Cc2cccc(OCC)c2O)c1O.Cl.[Mn]. The van der Waals surface area contributed by atoms with Crippen LogP contribution in [0.1, 0.15) is 25.0 Å². The van der Waals surface area contributed by atoms with Gasteiger partial charge in [0.05, 0.1) is 26.3 Å². The summed E-state index contributed by atoms with van der Waals surface area (Å²) in [6.45, 7) is 5.61. The average molecular weight is 448 g/mol. The Hall–Kier alpha value is -2.21. The number of nitrogens with zero attached hydrogens (tertiary/aromatic N) is 2. The van der Waals surface area contributed by atoms with Gasteiger partial charge in [0.2, 0.25) is 0 Å². The van der Waals surface area contributed by atoms with E-state index in [9.17, 15) is 10.2 Å². The number of phenolic OH excluding ortho intramolecular Hbond substituents is 2. The second-order valence-corrected chi connectivity index (χ2v) is 5.32. The van der Waals surface area contributed by atoms with Gasteiger partial charge in [0.25, 0.3) is 0 Å². The molecule has 8 heteroatoms. The largest absolute Gasteiger partial charge is 0.504 e. The van der Waals surface area contributed by atoms with E-state index in [1.54, 1.807) is 48.8 Å². The van der Waals surface area contributed by atoms with Crippen molar-refractivity contribution < 1.29 is 36.8 Å². The Morgan fingerprint density at radius 2 is 1.18 bits per heavy atom. The molecule has 0 saturated heterocycles. The van der Waals surface area contributed by atoms with Crippen LogP contribution in [-0.2, 0) is 17.1 Å². The van der Waals surface area contributed by atoms with Crippen LogP contribution in [0.5, 0.6) is 23.0 Å². The molecule has 2 aromatic rings. The molecule has 0 bridgehead atoms. The number of para-hydroxylation sites is 2. The number of ether oxygens (including phenoxy) is 2. The van der Waals surface area contributed by atoms with Gasteiger partial charge in [-0.1, -0.05) is 12.1 Å². The van der Waals surface area contributed by atoms with Gasteiger partial charge in [-0.2, -0.15) is 0 Å². The van der Waals surface area contributed by atoms with Crippen LogP contribution in [0.3, 0.4) is 0 Å². The van der Waals surface area contributed by atoms with Gasteiger partial charge in [0.1, 0.15) is 0 Å². The Kier molecular flexibility index (Phi) is 12.8. The average Bonchev–Trinajstić information content (AvgIpc) is 2.64. The molecule has 1 radical (unpaired) electrons. The van der Waals surface area contributed by atoms with Crippen molar-refractivity contribution in [3.05, 3.63) is 47.5 Å². The summed E-state index contributed by atoms with van der Waals surface area (Å²) in [5, 5.41) is 20.2. The monoisotopic (exact) mass is 447 g/mol. The van der Waals surface area contributed by atoms with Crippen LogP contribution in [0.4, 0.5) is 0 Å². The molecule has 2 N–H and O–H groups in total. The summed E-state index contributed by atoms with van der Waals surface area (Å²) in [5.74, 6) is 1.05. The first-order valence-electron chi connectivity index (χ1n) is 8.56. The van der Waals surface area contributed by atoms with E-state index in [2.05, 4.69) is 9.98 Å². The van der Waals surface area contributed by atoms with Gasteiger partial charge in [0, 0.05) is 40.6 Å². The first kappa shape index (κ1) is 25.8. The summed E-state index contributed by atoms with van der Waals surface area (Å²) < 4.78 is 10.7. The van der Waals surface area contributed by atoms with Crippen LogP contribution in [-0.4, -0.2) is 48.9 Å². The molecule has 2 aromatic carbocycles. The van der Waals surface area contributed by atoms with Gasteiger partial charge in [-0.15, -0.1) is 12.4 Å². The van der Waals surface area contributed by atoms with Crippen molar-refractivity contribution >= 4 is 24.8 Å².